The lowest BCUT2D eigenvalue weighted by molar-refractivity contribution is -0.120. The van der Waals surface area contributed by atoms with E-state index in [1.807, 2.05) is 20.8 Å². The molecule has 0 fully saturated rings. The summed E-state index contributed by atoms with van der Waals surface area (Å²) in [6, 6.07) is 0.150. The number of rotatable bonds is 4. The van der Waals surface area contributed by atoms with E-state index < -0.39 is 0 Å². The van der Waals surface area contributed by atoms with Crippen molar-refractivity contribution < 1.29 is 4.79 Å². The van der Waals surface area contributed by atoms with Crippen LogP contribution in [0, 0.1) is 0 Å². The quantitative estimate of drug-likeness (QED) is 0.594. The number of hydrogen-bond donors (Lipinski definition) is 2. The van der Waals surface area contributed by atoms with E-state index in [1.165, 1.54) is 0 Å². The molecule has 60 valence electrons. The van der Waals surface area contributed by atoms with Gasteiger partial charge in [0.2, 0.25) is 5.91 Å². The summed E-state index contributed by atoms with van der Waals surface area (Å²) in [5.74, 6) is -0.267. The van der Waals surface area contributed by atoms with Gasteiger partial charge in [0.05, 0.1) is 6.04 Å². The Kier molecular flexibility index (Phi) is 4.03. The zero-order chi connectivity index (χ0) is 8.15. The Morgan fingerprint density at radius 2 is 2.10 bits per heavy atom. The van der Waals surface area contributed by atoms with E-state index in [2.05, 4.69) is 5.32 Å². The lowest BCUT2D eigenvalue weighted by Gasteiger charge is -2.15. The Morgan fingerprint density at radius 3 is 2.20 bits per heavy atom. The molecule has 3 N–H and O–H groups in total. The second-order valence-electron chi connectivity index (χ2n) is 2.68. The second kappa shape index (κ2) is 4.28. The fourth-order valence-corrected chi connectivity index (χ4v) is 0.804. The first-order valence-corrected chi connectivity index (χ1v) is 3.63. The maximum Gasteiger partial charge on any atom is 0.234 e. The van der Waals surface area contributed by atoms with E-state index in [-0.39, 0.29) is 11.9 Å². The smallest absolute Gasteiger partial charge is 0.234 e. The maximum atomic E-state index is 10.6. The van der Waals surface area contributed by atoms with E-state index in [0.29, 0.717) is 6.04 Å². The third kappa shape index (κ3) is 3.45. The lowest BCUT2D eigenvalue weighted by Crippen LogP contribution is -2.43. The van der Waals surface area contributed by atoms with Crippen molar-refractivity contribution in [1.29, 1.82) is 0 Å². The van der Waals surface area contributed by atoms with Crippen LogP contribution in [0.25, 0.3) is 0 Å². The van der Waals surface area contributed by atoms with Crippen LogP contribution in [-0.4, -0.2) is 18.0 Å². The van der Waals surface area contributed by atoms with E-state index in [9.17, 15) is 4.79 Å². The van der Waals surface area contributed by atoms with Crippen LogP contribution in [0.4, 0.5) is 0 Å². The van der Waals surface area contributed by atoms with Crippen LogP contribution in [0.3, 0.4) is 0 Å². The van der Waals surface area contributed by atoms with E-state index in [0.717, 1.165) is 6.42 Å². The number of amides is 1. The highest BCUT2D eigenvalue weighted by molar-refractivity contribution is 5.79. The topological polar surface area (TPSA) is 55.1 Å². The van der Waals surface area contributed by atoms with Gasteiger partial charge in [0.25, 0.3) is 0 Å². The minimum absolute atomic E-state index is 0.167. The average Bonchev–Trinajstić information content (AvgIpc) is 1.81. The molecule has 0 aliphatic carbocycles. The molecule has 0 heterocycles. The molecule has 0 saturated carbocycles. The predicted molar refractivity (Wildman–Crippen MR) is 41.5 cm³/mol. The Hall–Kier alpha value is -0.570. The molecule has 0 aromatic rings. The first-order valence-electron chi connectivity index (χ1n) is 3.63. The van der Waals surface area contributed by atoms with Gasteiger partial charge in [-0.15, -0.1) is 0 Å². The summed E-state index contributed by atoms with van der Waals surface area (Å²) < 4.78 is 0. The van der Waals surface area contributed by atoms with E-state index >= 15 is 0 Å². The lowest BCUT2D eigenvalue weighted by atomic mass is 10.2. The van der Waals surface area contributed by atoms with Crippen LogP contribution < -0.4 is 11.1 Å². The molecule has 10 heavy (non-hydrogen) atoms. The normalized spacial score (nSPS) is 13.6. The van der Waals surface area contributed by atoms with Crippen molar-refractivity contribution in [1.82, 2.24) is 5.32 Å². The van der Waals surface area contributed by atoms with Crippen LogP contribution in [0.5, 0.6) is 0 Å². The van der Waals surface area contributed by atoms with E-state index in [1.54, 1.807) is 0 Å². The standard InChI is InChI=1S/C7H16N2O/c1-4-6(7(8)10)9-5(2)3/h5-6,9H,4H2,1-3H3,(H2,8,10). The van der Waals surface area contributed by atoms with Crippen molar-refractivity contribution in [3.63, 3.8) is 0 Å². The molecule has 0 aromatic heterocycles. The zero-order valence-corrected chi connectivity index (χ0v) is 6.85. The highest BCUT2D eigenvalue weighted by Crippen LogP contribution is 1.91. The van der Waals surface area contributed by atoms with Crippen molar-refractivity contribution in [2.45, 2.75) is 39.3 Å². The molecule has 0 aromatic carbocycles. The van der Waals surface area contributed by atoms with Gasteiger partial charge in [0.1, 0.15) is 0 Å². The summed E-state index contributed by atoms with van der Waals surface area (Å²) in [4.78, 5) is 10.6. The third-order valence-electron chi connectivity index (χ3n) is 1.29. The Labute approximate surface area is 62.0 Å². The van der Waals surface area contributed by atoms with Crippen molar-refractivity contribution in [2.75, 3.05) is 0 Å². The molecular formula is C7H16N2O. The molecule has 0 spiro atoms. The number of carbonyl (C=O) groups excluding carboxylic acids is 1. The highest BCUT2D eigenvalue weighted by Gasteiger charge is 2.12. The molecule has 3 heteroatoms. The van der Waals surface area contributed by atoms with Crippen LogP contribution in [0.15, 0.2) is 0 Å². The first kappa shape index (κ1) is 9.43. The molecule has 0 bridgehead atoms. The molecule has 1 amide bonds. The SMILES string of the molecule is CCC(NC(C)C)C(N)=O. The molecule has 1 atom stereocenters. The second-order valence-corrected chi connectivity index (χ2v) is 2.68. The van der Waals surface area contributed by atoms with E-state index in [4.69, 9.17) is 5.73 Å². The monoisotopic (exact) mass is 144 g/mol. The van der Waals surface area contributed by atoms with Crippen molar-refractivity contribution in [2.24, 2.45) is 5.73 Å². The van der Waals surface area contributed by atoms with Gasteiger partial charge >= 0.3 is 0 Å². The zero-order valence-electron chi connectivity index (χ0n) is 6.85. The van der Waals surface area contributed by atoms with Gasteiger partial charge in [0.15, 0.2) is 0 Å². The van der Waals surface area contributed by atoms with Gasteiger partial charge in [-0.1, -0.05) is 20.8 Å². The summed E-state index contributed by atoms with van der Waals surface area (Å²) in [6.07, 6.45) is 0.757. The third-order valence-corrected chi connectivity index (χ3v) is 1.29. The van der Waals surface area contributed by atoms with Crippen molar-refractivity contribution in [3.05, 3.63) is 0 Å². The molecule has 1 unspecified atom stereocenters. The number of nitrogens with one attached hydrogen (secondary N) is 1. The van der Waals surface area contributed by atoms with Crippen LogP contribution >= 0.6 is 0 Å². The summed E-state index contributed by atoms with van der Waals surface area (Å²) in [7, 11) is 0. The minimum Gasteiger partial charge on any atom is -0.368 e. The molecule has 3 nitrogen and oxygen atoms in total. The fraction of sp³-hybridized carbons (Fsp3) is 0.857. The van der Waals surface area contributed by atoms with Gasteiger partial charge in [0, 0.05) is 6.04 Å². The van der Waals surface area contributed by atoms with Gasteiger partial charge in [-0.2, -0.15) is 0 Å². The van der Waals surface area contributed by atoms with Gasteiger partial charge in [-0.05, 0) is 6.42 Å². The van der Waals surface area contributed by atoms with Crippen molar-refractivity contribution >= 4 is 5.91 Å². The summed E-state index contributed by atoms with van der Waals surface area (Å²) in [6.45, 7) is 5.92. The molecule has 0 aliphatic rings. The number of nitrogens with two attached hydrogens (primary N) is 1. The summed E-state index contributed by atoms with van der Waals surface area (Å²) in [5, 5.41) is 3.05. The molecule has 0 radical (unpaired) electrons. The summed E-state index contributed by atoms with van der Waals surface area (Å²) >= 11 is 0. The van der Waals surface area contributed by atoms with Crippen LogP contribution in [0.2, 0.25) is 0 Å². The van der Waals surface area contributed by atoms with Crippen molar-refractivity contribution in [3.8, 4) is 0 Å². The Morgan fingerprint density at radius 1 is 1.60 bits per heavy atom. The molecule has 0 aliphatic heterocycles. The highest BCUT2D eigenvalue weighted by atomic mass is 16.1. The minimum atomic E-state index is -0.267. The van der Waals surface area contributed by atoms with Gasteiger partial charge in [-0.25, -0.2) is 0 Å². The Bertz CT molecular complexity index is 112. The number of carbonyl (C=O) groups is 1. The molecule has 0 saturated heterocycles. The first-order chi connectivity index (χ1) is 4.57. The predicted octanol–water partition coefficient (Wildman–Crippen LogP) is 0.248. The van der Waals surface area contributed by atoms with Gasteiger partial charge < -0.3 is 11.1 Å². The average molecular weight is 144 g/mol. The van der Waals surface area contributed by atoms with Crippen LogP contribution in [0.1, 0.15) is 27.2 Å². The Balaban J connectivity index is 3.72. The summed E-state index contributed by atoms with van der Waals surface area (Å²) in [5.41, 5.74) is 5.09. The number of primary amides is 1. The fourth-order valence-electron chi connectivity index (χ4n) is 0.804. The van der Waals surface area contributed by atoms with Gasteiger partial charge in [-0.3, -0.25) is 4.79 Å². The number of hydrogen-bond acceptors (Lipinski definition) is 2. The molecular weight excluding hydrogens is 128 g/mol. The maximum absolute atomic E-state index is 10.6. The largest absolute Gasteiger partial charge is 0.368 e. The molecule has 0 rings (SSSR count). The van der Waals surface area contributed by atoms with Crippen LogP contribution in [-0.2, 0) is 4.79 Å².